The smallest absolute Gasteiger partial charge is 0.119 e. The molecule has 1 rings (SSSR count). The van der Waals surface area contributed by atoms with Crippen LogP contribution in [0, 0.1) is 0 Å². The number of hydrogen-bond acceptors (Lipinski definition) is 4. The third-order valence-electron chi connectivity index (χ3n) is 2.22. The lowest BCUT2D eigenvalue weighted by molar-refractivity contribution is 0.202. The van der Waals surface area contributed by atoms with Crippen LogP contribution >= 0.6 is 0 Å². The molecule has 90 valence electrons. The van der Waals surface area contributed by atoms with E-state index >= 15 is 0 Å². The second-order valence-electron chi connectivity index (χ2n) is 3.64. The summed E-state index contributed by atoms with van der Waals surface area (Å²) >= 11 is 0. The van der Waals surface area contributed by atoms with Gasteiger partial charge in [0, 0.05) is 7.11 Å². The SMILES string of the molecule is COCCc1ccc(OCC(N)CO)cc1. The van der Waals surface area contributed by atoms with Crippen molar-refractivity contribution in [2.75, 3.05) is 26.9 Å². The van der Waals surface area contributed by atoms with Crippen molar-refractivity contribution in [1.29, 1.82) is 0 Å². The van der Waals surface area contributed by atoms with E-state index in [4.69, 9.17) is 20.3 Å². The average Bonchev–Trinajstić information content (AvgIpc) is 2.34. The van der Waals surface area contributed by atoms with Gasteiger partial charge in [-0.2, -0.15) is 0 Å². The Labute approximate surface area is 96.0 Å². The van der Waals surface area contributed by atoms with Gasteiger partial charge in [0.15, 0.2) is 0 Å². The number of benzene rings is 1. The van der Waals surface area contributed by atoms with E-state index in [1.165, 1.54) is 5.56 Å². The van der Waals surface area contributed by atoms with Crippen LogP contribution in [0.25, 0.3) is 0 Å². The molecule has 0 amide bonds. The molecule has 0 aliphatic rings. The summed E-state index contributed by atoms with van der Waals surface area (Å²) in [7, 11) is 1.69. The Morgan fingerprint density at radius 1 is 1.31 bits per heavy atom. The van der Waals surface area contributed by atoms with Crippen LogP contribution in [0.4, 0.5) is 0 Å². The Morgan fingerprint density at radius 3 is 2.56 bits per heavy atom. The minimum Gasteiger partial charge on any atom is -0.492 e. The molecular formula is C12H19NO3. The monoisotopic (exact) mass is 225 g/mol. The van der Waals surface area contributed by atoms with Gasteiger partial charge in [-0.3, -0.25) is 0 Å². The zero-order valence-corrected chi connectivity index (χ0v) is 9.56. The highest BCUT2D eigenvalue weighted by Crippen LogP contribution is 2.12. The normalized spacial score (nSPS) is 12.4. The summed E-state index contributed by atoms with van der Waals surface area (Å²) in [5.41, 5.74) is 6.73. The standard InChI is InChI=1S/C12H19NO3/c1-15-7-6-10-2-4-12(5-3-10)16-9-11(13)8-14/h2-5,11,14H,6-9,13H2,1H3. The Kier molecular flexibility index (Phi) is 5.85. The van der Waals surface area contributed by atoms with E-state index in [1.807, 2.05) is 24.3 Å². The van der Waals surface area contributed by atoms with Crippen LogP contribution in [-0.2, 0) is 11.2 Å². The zero-order chi connectivity index (χ0) is 11.8. The summed E-state index contributed by atoms with van der Waals surface area (Å²) in [6.07, 6.45) is 0.896. The summed E-state index contributed by atoms with van der Waals surface area (Å²) in [6, 6.07) is 7.47. The number of ether oxygens (including phenoxy) is 2. The molecule has 1 aromatic rings. The summed E-state index contributed by atoms with van der Waals surface area (Å²) in [5.74, 6) is 0.769. The van der Waals surface area contributed by atoms with Crippen molar-refractivity contribution in [3.8, 4) is 5.75 Å². The van der Waals surface area contributed by atoms with Crippen LogP contribution < -0.4 is 10.5 Å². The van der Waals surface area contributed by atoms with Crippen molar-refractivity contribution in [2.45, 2.75) is 12.5 Å². The predicted octanol–water partition coefficient (Wildman–Crippen LogP) is 0.574. The first kappa shape index (κ1) is 13.0. The van der Waals surface area contributed by atoms with Crippen molar-refractivity contribution < 1.29 is 14.6 Å². The Bertz CT molecular complexity index is 287. The van der Waals surface area contributed by atoms with E-state index in [0.29, 0.717) is 6.61 Å². The number of methoxy groups -OCH3 is 1. The van der Waals surface area contributed by atoms with Crippen LogP contribution in [0.1, 0.15) is 5.56 Å². The molecule has 1 atom stereocenters. The first-order valence-corrected chi connectivity index (χ1v) is 5.33. The first-order valence-electron chi connectivity index (χ1n) is 5.33. The molecule has 16 heavy (non-hydrogen) atoms. The second-order valence-corrected chi connectivity index (χ2v) is 3.64. The van der Waals surface area contributed by atoms with Gasteiger partial charge >= 0.3 is 0 Å². The lowest BCUT2D eigenvalue weighted by Crippen LogP contribution is -2.31. The molecule has 0 fully saturated rings. The van der Waals surface area contributed by atoms with Gasteiger partial charge in [-0.25, -0.2) is 0 Å². The van der Waals surface area contributed by atoms with E-state index in [2.05, 4.69) is 0 Å². The molecule has 3 N–H and O–H groups in total. The lowest BCUT2D eigenvalue weighted by atomic mass is 10.1. The maximum Gasteiger partial charge on any atom is 0.119 e. The topological polar surface area (TPSA) is 64.7 Å². The van der Waals surface area contributed by atoms with Crippen molar-refractivity contribution in [1.82, 2.24) is 0 Å². The maximum absolute atomic E-state index is 8.74. The van der Waals surface area contributed by atoms with E-state index < -0.39 is 0 Å². The molecule has 1 aromatic carbocycles. The molecule has 0 aliphatic carbocycles. The molecule has 0 saturated carbocycles. The van der Waals surface area contributed by atoms with Crippen LogP contribution in [0.3, 0.4) is 0 Å². The summed E-state index contributed by atoms with van der Waals surface area (Å²) in [5, 5.41) is 8.74. The number of rotatable bonds is 7. The van der Waals surface area contributed by atoms with Crippen LogP contribution in [0.15, 0.2) is 24.3 Å². The fraction of sp³-hybridized carbons (Fsp3) is 0.500. The van der Waals surface area contributed by atoms with E-state index in [-0.39, 0.29) is 12.6 Å². The molecular weight excluding hydrogens is 206 g/mol. The average molecular weight is 225 g/mol. The Hall–Kier alpha value is -1.10. The molecule has 0 bridgehead atoms. The van der Waals surface area contributed by atoms with Crippen LogP contribution in [0.5, 0.6) is 5.75 Å². The van der Waals surface area contributed by atoms with Crippen molar-refractivity contribution in [3.63, 3.8) is 0 Å². The Balaban J connectivity index is 2.38. The molecule has 0 radical (unpaired) electrons. The fourth-order valence-electron chi connectivity index (χ4n) is 1.23. The van der Waals surface area contributed by atoms with Gasteiger partial charge in [0.05, 0.1) is 19.3 Å². The number of nitrogens with two attached hydrogens (primary N) is 1. The zero-order valence-electron chi connectivity index (χ0n) is 9.56. The van der Waals surface area contributed by atoms with Gasteiger partial charge in [-0.15, -0.1) is 0 Å². The molecule has 0 spiro atoms. The van der Waals surface area contributed by atoms with Gasteiger partial charge < -0.3 is 20.3 Å². The van der Waals surface area contributed by atoms with E-state index in [1.54, 1.807) is 7.11 Å². The van der Waals surface area contributed by atoms with Gasteiger partial charge in [-0.05, 0) is 24.1 Å². The maximum atomic E-state index is 8.74. The third-order valence-corrected chi connectivity index (χ3v) is 2.22. The highest BCUT2D eigenvalue weighted by atomic mass is 16.5. The summed E-state index contributed by atoms with van der Waals surface area (Å²) < 4.78 is 10.4. The minimum atomic E-state index is -0.326. The first-order chi connectivity index (χ1) is 7.76. The Morgan fingerprint density at radius 2 is 2.00 bits per heavy atom. The molecule has 0 aromatic heterocycles. The number of aliphatic hydroxyl groups excluding tert-OH is 1. The largest absolute Gasteiger partial charge is 0.492 e. The predicted molar refractivity (Wildman–Crippen MR) is 62.6 cm³/mol. The summed E-state index contributed by atoms with van der Waals surface area (Å²) in [4.78, 5) is 0. The van der Waals surface area contributed by atoms with E-state index in [9.17, 15) is 0 Å². The highest BCUT2D eigenvalue weighted by Gasteiger charge is 2.01. The van der Waals surface area contributed by atoms with Crippen LogP contribution in [0.2, 0.25) is 0 Å². The third kappa shape index (κ3) is 4.61. The highest BCUT2D eigenvalue weighted by molar-refractivity contribution is 5.27. The summed E-state index contributed by atoms with van der Waals surface area (Å²) in [6.45, 7) is 0.982. The van der Waals surface area contributed by atoms with Crippen molar-refractivity contribution in [3.05, 3.63) is 29.8 Å². The molecule has 4 heteroatoms. The van der Waals surface area contributed by atoms with Crippen molar-refractivity contribution in [2.24, 2.45) is 5.73 Å². The van der Waals surface area contributed by atoms with Gasteiger partial charge in [0.2, 0.25) is 0 Å². The molecule has 0 aliphatic heterocycles. The van der Waals surface area contributed by atoms with Crippen molar-refractivity contribution >= 4 is 0 Å². The quantitative estimate of drug-likeness (QED) is 0.712. The van der Waals surface area contributed by atoms with E-state index in [0.717, 1.165) is 18.8 Å². The number of aliphatic hydroxyl groups is 1. The molecule has 0 heterocycles. The lowest BCUT2D eigenvalue weighted by Gasteiger charge is -2.10. The van der Waals surface area contributed by atoms with Gasteiger partial charge in [0.1, 0.15) is 12.4 Å². The molecule has 4 nitrogen and oxygen atoms in total. The fourth-order valence-corrected chi connectivity index (χ4v) is 1.23. The molecule has 1 unspecified atom stereocenters. The minimum absolute atomic E-state index is 0.0636. The molecule has 0 saturated heterocycles. The second kappa shape index (κ2) is 7.22. The van der Waals surface area contributed by atoms with Crippen LogP contribution in [-0.4, -0.2) is 38.1 Å². The number of hydrogen-bond donors (Lipinski definition) is 2. The van der Waals surface area contributed by atoms with Gasteiger partial charge in [0.25, 0.3) is 0 Å². The van der Waals surface area contributed by atoms with Gasteiger partial charge in [-0.1, -0.05) is 12.1 Å².